The molecule has 0 amide bonds. The Kier molecular flexibility index (Phi) is 4.30. The van der Waals surface area contributed by atoms with Crippen LogP contribution in [-0.4, -0.2) is 11.5 Å². The number of benzene rings is 1. The van der Waals surface area contributed by atoms with Crippen LogP contribution in [0.3, 0.4) is 0 Å². The smallest absolute Gasteiger partial charge is 0.235 e. The van der Waals surface area contributed by atoms with Crippen molar-refractivity contribution in [3.8, 4) is 5.75 Å². The zero-order chi connectivity index (χ0) is 11.3. The minimum atomic E-state index is -0.503. The first-order valence-electron chi connectivity index (χ1n) is 4.37. The van der Waals surface area contributed by atoms with E-state index in [1.165, 1.54) is 6.08 Å². The summed E-state index contributed by atoms with van der Waals surface area (Å²) in [5.41, 5.74) is 0.683. The number of ether oxygens (including phenoxy) is 1. The fourth-order valence-electron chi connectivity index (χ4n) is 1.08. The van der Waals surface area contributed by atoms with Crippen LogP contribution in [0.15, 0.2) is 28.9 Å². The topological polar surface area (TPSA) is 52.4 Å². The predicted octanol–water partition coefficient (Wildman–Crippen LogP) is 3.10. The number of nitrogens with zero attached hydrogens (tertiary/aromatic N) is 1. The zero-order valence-electron chi connectivity index (χ0n) is 8.14. The third kappa shape index (κ3) is 3.71. The van der Waals surface area contributed by atoms with E-state index in [2.05, 4.69) is 15.9 Å². The molecule has 0 unspecified atom stereocenters. The van der Waals surface area contributed by atoms with Gasteiger partial charge in [-0.3, -0.25) is 10.1 Å². The molecule has 80 valence electrons. The average Bonchev–Trinajstić information content (AvgIpc) is 2.18. The Hall–Kier alpha value is -1.36. The van der Waals surface area contributed by atoms with Crippen LogP contribution in [-0.2, 0) is 0 Å². The second-order valence-corrected chi connectivity index (χ2v) is 3.63. The van der Waals surface area contributed by atoms with Crippen LogP contribution in [0.2, 0.25) is 0 Å². The fourth-order valence-corrected chi connectivity index (χ4v) is 1.46. The monoisotopic (exact) mass is 271 g/mol. The summed E-state index contributed by atoms with van der Waals surface area (Å²) in [5, 5.41) is 10.2. The van der Waals surface area contributed by atoms with E-state index in [1.54, 1.807) is 12.1 Å². The highest BCUT2D eigenvalue weighted by Crippen LogP contribution is 2.24. The molecule has 0 radical (unpaired) electrons. The van der Waals surface area contributed by atoms with Crippen molar-refractivity contribution < 1.29 is 9.66 Å². The van der Waals surface area contributed by atoms with Crippen LogP contribution in [0.5, 0.6) is 5.75 Å². The molecule has 0 aliphatic rings. The molecule has 1 aromatic rings. The van der Waals surface area contributed by atoms with E-state index in [9.17, 15) is 10.1 Å². The minimum Gasteiger partial charge on any atom is -0.493 e. The Bertz CT molecular complexity index is 390. The molecule has 15 heavy (non-hydrogen) atoms. The molecule has 0 aromatic heterocycles. The van der Waals surface area contributed by atoms with Gasteiger partial charge in [0.25, 0.3) is 0 Å². The van der Waals surface area contributed by atoms with Gasteiger partial charge in [0.05, 0.1) is 11.5 Å². The number of halogens is 1. The van der Waals surface area contributed by atoms with E-state index in [1.807, 2.05) is 13.0 Å². The van der Waals surface area contributed by atoms with Gasteiger partial charge in [-0.2, -0.15) is 0 Å². The Morgan fingerprint density at radius 1 is 1.60 bits per heavy atom. The first-order chi connectivity index (χ1) is 7.13. The Balaban J connectivity index is 3.01. The molecule has 1 rings (SSSR count). The molecule has 0 bridgehead atoms. The van der Waals surface area contributed by atoms with Crippen molar-refractivity contribution in [1.82, 2.24) is 0 Å². The molecular weight excluding hydrogens is 262 g/mol. The highest BCUT2D eigenvalue weighted by atomic mass is 79.9. The number of rotatable bonds is 4. The SMILES string of the molecule is CCOc1ccc(Br)cc1C=C[N+](=O)[O-]. The Morgan fingerprint density at radius 2 is 2.33 bits per heavy atom. The van der Waals surface area contributed by atoms with E-state index in [0.717, 1.165) is 10.7 Å². The molecule has 0 fully saturated rings. The summed E-state index contributed by atoms with van der Waals surface area (Å²) in [4.78, 5) is 9.69. The molecule has 0 aliphatic heterocycles. The number of nitro groups is 1. The van der Waals surface area contributed by atoms with Gasteiger partial charge in [0.2, 0.25) is 6.20 Å². The Morgan fingerprint density at radius 3 is 2.93 bits per heavy atom. The van der Waals surface area contributed by atoms with Crippen molar-refractivity contribution in [3.63, 3.8) is 0 Å². The van der Waals surface area contributed by atoms with E-state index in [0.29, 0.717) is 17.9 Å². The summed E-state index contributed by atoms with van der Waals surface area (Å²) in [6, 6.07) is 5.37. The van der Waals surface area contributed by atoms with Gasteiger partial charge in [-0.25, -0.2) is 0 Å². The van der Waals surface area contributed by atoms with E-state index in [4.69, 9.17) is 4.74 Å². The lowest BCUT2D eigenvalue weighted by molar-refractivity contribution is -0.400. The maximum Gasteiger partial charge on any atom is 0.235 e. The highest BCUT2D eigenvalue weighted by molar-refractivity contribution is 9.10. The molecule has 0 N–H and O–H groups in total. The van der Waals surface area contributed by atoms with Crippen molar-refractivity contribution >= 4 is 22.0 Å². The molecule has 0 aliphatic carbocycles. The summed E-state index contributed by atoms with van der Waals surface area (Å²) < 4.78 is 6.19. The summed E-state index contributed by atoms with van der Waals surface area (Å²) in [5.74, 6) is 0.638. The molecule has 1 aromatic carbocycles. The lowest BCUT2D eigenvalue weighted by Crippen LogP contribution is -1.94. The van der Waals surface area contributed by atoms with Crippen molar-refractivity contribution in [2.45, 2.75) is 6.92 Å². The third-order valence-corrected chi connectivity index (χ3v) is 2.14. The summed E-state index contributed by atoms with van der Waals surface area (Å²) in [6.45, 7) is 2.39. The maximum absolute atomic E-state index is 10.2. The zero-order valence-corrected chi connectivity index (χ0v) is 9.73. The van der Waals surface area contributed by atoms with Gasteiger partial charge in [-0.15, -0.1) is 0 Å². The minimum absolute atomic E-state index is 0.503. The van der Waals surface area contributed by atoms with Crippen LogP contribution in [0.1, 0.15) is 12.5 Å². The van der Waals surface area contributed by atoms with Gasteiger partial charge in [0, 0.05) is 16.1 Å². The van der Waals surface area contributed by atoms with E-state index >= 15 is 0 Å². The molecule has 0 saturated carbocycles. The first kappa shape index (κ1) is 11.7. The van der Waals surface area contributed by atoms with Crippen LogP contribution in [0, 0.1) is 10.1 Å². The van der Waals surface area contributed by atoms with E-state index < -0.39 is 4.92 Å². The van der Waals surface area contributed by atoms with Gasteiger partial charge < -0.3 is 4.74 Å². The first-order valence-corrected chi connectivity index (χ1v) is 5.17. The average molecular weight is 272 g/mol. The second-order valence-electron chi connectivity index (χ2n) is 2.72. The van der Waals surface area contributed by atoms with Gasteiger partial charge in [0.15, 0.2) is 0 Å². The maximum atomic E-state index is 10.2. The number of hydrogen-bond donors (Lipinski definition) is 0. The van der Waals surface area contributed by atoms with Gasteiger partial charge in [0.1, 0.15) is 5.75 Å². The van der Waals surface area contributed by atoms with Crippen molar-refractivity contribution in [3.05, 3.63) is 44.5 Å². The lowest BCUT2D eigenvalue weighted by Gasteiger charge is -2.06. The molecule has 0 heterocycles. The van der Waals surface area contributed by atoms with Gasteiger partial charge >= 0.3 is 0 Å². The summed E-state index contributed by atoms with van der Waals surface area (Å²) >= 11 is 3.30. The fraction of sp³-hybridized carbons (Fsp3) is 0.200. The second kappa shape index (κ2) is 5.50. The third-order valence-electron chi connectivity index (χ3n) is 1.65. The predicted molar refractivity (Wildman–Crippen MR) is 61.3 cm³/mol. The van der Waals surface area contributed by atoms with Crippen LogP contribution in [0.25, 0.3) is 6.08 Å². The standard InChI is InChI=1S/C10H10BrNO3/c1-2-15-10-4-3-9(11)7-8(10)5-6-12(13)14/h3-7H,2H2,1H3. The normalized spacial score (nSPS) is 10.5. The highest BCUT2D eigenvalue weighted by Gasteiger charge is 2.02. The molecule has 0 saturated heterocycles. The molecular formula is C10H10BrNO3. The summed E-state index contributed by atoms with van der Waals surface area (Å²) in [6.07, 6.45) is 2.31. The number of hydrogen-bond acceptors (Lipinski definition) is 3. The molecule has 5 heteroatoms. The Labute approximate surface area is 95.8 Å². The van der Waals surface area contributed by atoms with Crippen molar-refractivity contribution in [2.75, 3.05) is 6.61 Å². The molecule has 0 atom stereocenters. The van der Waals surface area contributed by atoms with Gasteiger partial charge in [-0.1, -0.05) is 15.9 Å². The van der Waals surface area contributed by atoms with Crippen LogP contribution >= 0.6 is 15.9 Å². The van der Waals surface area contributed by atoms with Gasteiger partial charge in [-0.05, 0) is 25.1 Å². The van der Waals surface area contributed by atoms with E-state index in [-0.39, 0.29) is 0 Å². The largest absolute Gasteiger partial charge is 0.493 e. The van der Waals surface area contributed by atoms with Crippen LogP contribution in [0.4, 0.5) is 0 Å². The molecule has 0 spiro atoms. The lowest BCUT2D eigenvalue weighted by atomic mass is 10.2. The van der Waals surface area contributed by atoms with Crippen molar-refractivity contribution in [2.24, 2.45) is 0 Å². The quantitative estimate of drug-likeness (QED) is 0.625. The summed E-state index contributed by atoms with van der Waals surface area (Å²) in [7, 11) is 0. The van der Waals surface area contributed by atoms with Crippen LogP contribution < -0.4 is 4.74 Å². The van der Waals surface area contributed by atoms with Crippen molar-refractivity contribution in [1.29, 1.82) is 0 Å². The molecule has 4 nitrogen and oxygen atoms in total.